The van der Waals surface area contributed by atoms with Crippen molar-refractivity contribution in [2.45, 2.75) is 70.4 Å². The van der Waals surface area contributed by atoms with Crippen LogP contribution in [0.2, 0.25) is 0 Å². The molecule has 0 saturated carbocycles. The standard InChI is InChI=1S/C27H39N5O4/c1-26(2,3)23-28-25(36-30-23)32-15-13-19(14-16-32)10-9-17-35-21-18-31(5)24(34)27(21,4)29-22(33)20-11-7-6-8-12-20/h6-8,11-12,19,21H,9-10,13-18H2,1-5H3,(H,29,33)/t21?,27-/m1/s1. The van der Waals surface area contributed by atoms with Gasteiger partial charge in [0, 0.05) is 44.3 Å². The van der Waals surface area contributed by atoms with Crippen molar-refractivity contribution < 1.29 is 18.8 Å². The van der Waals surface area contributed by atoms with Gasteiger partial charge in [0.1, 0.15) is 11.6 Å². The van der Waals surface area contributed by atoms with Crippen molar-refractivity contribution in [3.63, 3.8) is 0 Å². The van der Waals surface area contributed by atoms with Crippen LogP contribution in [0.15, 0.2) is 34.9 Å². The summed E-state index contributed by atoms with van der Waals surface area (Å²) in [5.74, 6) is 0.962. The SMILES string of the molecule is CN1CC(OCCCC2CCN(c3nc(C(C)(C)C)no3)CC2)[C@@](C)(NC(=O)c2ccccc2)C1=O. The van der Waals surface area contributed by atoms with E-state index < -0.39 is 5.54 Å². The zero-order valence-corrected chi connectivity index (χ0v) is 22.1. The molecular weight excluding hydrogens is 458 g/mol. The highest BCUT2D eigenvalue weighted by molar-refractivity contribution is 6.00. The Balaban J connectivity index is 1.23. The van der Waals surface area contributed by atoms with Gasteiger partial charge in [-0.3, -0.25) is 9.59 Å². The van der Waals surface area contributed by atoms with Gasteiger partial charge in [-0.2, -0.15) is 4.98 Å². The molecule has 0 radical (unpaired) electrons. The summed E-state index contributed by atoms with van der Waals surface area (Å²) in [5.41, 5.74) is -0.677. The Morgan fingerprint density at radius 3 is 2.56 bits per heavy atom. The number of anilines is 1. The average Bonchev–Trinajstić information content (AvgIpc) is 3.43. The Morgan fingerprint density at radius 1 is 1.22 bits per heavy atom. The fraction of sp³-hybridized carbons (Fsp3) is 0.630. The first-order chi connectivity index (χ1) is 17.1. The molecule has 2 amide bonds. The van der Waals surface area contributed by atoms with Crippen LogP contribution < -0.4 is 10.2 Å². The van der Waals surface area contributed by atoms with Gasteiger partial charge in [-0.1, -0.05) is 44.1 Å². The Bertz CT molecular complexity index is 1040. The highest BCUT2D eigenvalue weighted by Crippen LogP contribution is 2.29. The number of benzene rings is 1. The van der Waals surface area contributed by atoms with E-state index in [0.717, 1.165) is 44.6 Å². The van der Waals surface area contributed by atoms with Crippen molar-refractivity contribution in [1.82, 2.24) is 20.4 Å². The number of nitrogens with zero attached hydrogens (tertiary/aromatic N) is 4. The van der Waals surface area contributed by atoms with Crippen LogP contribution in [-0.2, 0) is 14.9 Å². The smallest absolute Gasteiger partial charge is 0.324 e. The van der Waals surface area contributed by atoms with Gasteiger partial charge < -0.3 is 24.4 Å². The van der Waals surface area contributed by atoms with E-state index >= 15 is 0 Å². The van der Waals surface area contributed by atoms with E-state index in [9.17, 15) is 9.59 Å². The lowest BCUT2D eigenvalue weighted by Gasteiger charge is -2.31. The topological polar surface area (TPSA) is 101 Å². The summed E-state index contributed by atoms with van der Waals surface area (Å²) in [6.07, 6.45) is 3.73. The van der Waals surface area contributed by atoms with E-state index in [-0.39, 0.29) is 23.3 Å². The second-order valence-corrected chi connectivity index (χ2v) is 11.3. The number of piperidine rings is 1. The third kappa shape index (κ3) is 5.72. The van der Waals surface area contributed by atoms with Crippen LogP contribution in [0, 0.1) is 5.92 Å². The van der Waals surface area contributed by atoms with Crippen LogP contribution in [0.3, 0.4) is 0 Å². The van der Waals surface area contributed by atoms with E-state index in [1.54, 1.807) is 31.0 Å². The number of likely N-dealkylation sites (tertiary alicyclic amines) is 1. The maximum atomic E-state index is 12.9. The third-order valence-corrected chi connectivity index (χ3v) is 7.33. The number of carbonyl (C=O) groups is 2. The van der Waals surface area contributed by atoms with Crippen molar-refractivity contribution >= 4 is 17.8 Å². The molecule has 1 aromatic heterocycles. The first-order valence-electron chi connectivity index (χ1n) is 12.9. The van der Waals surface area contributed by atoms with Crippen molar-refractivity contribution in [1.29, 1.82) is 0 Å². The predicted molar refractivity (Wildman–Crippen MR) is 137 cm³/mol. The molecule has 9 nitrogen and oxygen atoms in total. The first kappa shape index (κ1) is 26.1. The molecule has 2 saturated heterocycles. The minimum Gasteiger partial charge on any atom is -0.373 e. The van der Waals surface area contributed by atoms with E-state index in [0.29, 0.717) is 30.6 Å². The zero-order chi connectivity index (χ0) is 25.9. The predicted octanol–water partition coefficient (Wildman–Crippen LogP) is 3.41. The number of likely N-dealkylation sites (N-methyl/N-ethyl adjacent to an activating group) is 1. The lowest BCUT2D eigenvalue weighted by Crippen LogP contribution is -2.58. The number of nitrogens with one attached hydrogen (secondary N) is 1. The highest BCUT2D eigenvalue weighted by atomic mass is 16.5. The molecule has 1 N–H and O–H groups in total. The third-order valence-electron chi connectivity index (χ3n) is 7.33. The van der Waals surface area contributed by atoms with Crippen molar-refractivity contribution in [3.05, 3.63) is 41.7 Å². The normalized spacial score (nSPS) is 23.4. The number of amides is 2. The minimum absolute atomic E-state index is 0.125. The molecule has 0 spiro atoms. The number of hydrogen-bond donors (Lipinski definition) is 1. The largest absolute Gasteiger partial charge is 0.373 e. The van der Waals surface area contributed by atoms with Crippen LogP contribution >= 0.6 is 0 Å². The molecule has 36 heavy (non-hydrogen) atoms. The summed E-state index contributed by atoms with van der Waals surface area (Å²) in [4.78, 5) is 34.1. The Labute approximate surface area is 213 Å². The van der Waals surface area contributed by atoms with E-state index in [4.69, 9.17) is 9.26 Å². The average molecular weight is 498 g/mol. The van der Waals surface area contributed by atoms with Gasteiger partial charge in [0.05, 0.1) is 0 Å². The lowest BCUT2D eigenvalue weighted by molar-refractivity contribution is -0.132. The first-order valence-corrected chi connectivity index (χ1v) is 12.9. The van der Waals surface area contributed by atoms with Crippen LogP contribution in [0.25, 0.3) is 0 Å². The Hall–Kier alpha value is -2.94. The van der Waals surface area contributed by atoms with E-state index in [2.05, 4.69) is 41.1 Å². The van der Waals surface area contributed by atoms with Gasteiger partial charge in [0.2, 0.25) is 0 Å². The molecule has 2 aromatic rings. The summed E-state index contributed by atoms with van der Waals surface area (Å²) in [7, 11) is 1.75. The summed E-state index contributed by atoms with van der Waals surface area (Å²) >= 11 is 0. The second kappa shape index (κ2) is 10.6. The molecule has 4 rings (SSSR count). The lowest BCUT2D eigenvalue weighted by atomic mass is 9.92. The van der Waals surface area contributed by atoms with Crippen molar-refractivity contribution in [2.75, 3.05) is 38.2 Å². The van der Waals surface area contributed by atoms with Crippen molar-refractivity contribution in [3.8, 4) is 0 Å². The molecule has 1 aromatic carbocycles. The molecule has 2 aliphatic rings. The van der Waals surface area contributed by atoms with E-state index in [1.165, 1.54) is 0 Å². The maximum Gasteiger partial charge on any atom is 0.324 e. The molecule has 196 valence electrons. The fourth-order valence-corrected chi connectivity index (χ4v) is 4.96. The molecule has 0 aliphatic carbocycles. The number of ether oxygens (including phenoxy) is 1. The summed E-state index contributed by atoms with van der Waals surface area (Å²) in [6, 6.07) is 9.58. The van der Waals surface area contributed by atoms with Gasteiger partial charge in [-0.05, 0) is 50.7 Å². The summed E-state index contributed by atoms with van der Waals surface area (Å²) in [6.45, 7) is 10.8. The molecule has 1 unspecified atom stereocenters. The highest BCUT2D eigenvalue weighted by Gasteiger charge is 2.51. The maximum absolute atomic E-state index is 12.9. The Kier molecular flexibility index (Phi) is 7.68. The summed E-state index contributed by atoms with van der Waals surface area (Å²) < 4.78 is 11.7. The quantitative estimate of drug-likeness (QED) is 0.558. The summed E-state index contributed by atoms with van der Waals surface area (Å²) in [5, 5.41) is 7.08. The zero-order valence-electron chi connectivity index (χ0n) is 22.1. The minimum atomic E-state index is -1.08. The molecule has 0 bridgehead atoms. The second-order valence-electron chi connectivity index (χ2n) is 11.3. The number of rotatable bonds is 8. The molecule has 2 aliphatic heterocycles. The number of hydrogen-bond acceptors (Lipinski definition) is 7. The van der Waals surface area contributed by atoms with Crippen LogP contribution in [0.4, 0.5) is 6.01 Å². The van der Waals surface area contributed by atoms with E-state index in [1.807, 2.05) is 18.2 Å². The van der Waals surface area contributed by atoms with Gasteiger partial charge in [0.25, 0.3) is 11.8 Å². The van der Waals surface area contributed by atoms with Crippen LogP contribution in [0.5, 0.6) is 0 Å². The Morgan fingerprint density at radius 2 is 1.92 bits per heavy atom. The molecule has 9 heteroatoms. The molecule has 3 heterocycles. The van der Waals surface area contributed by atoms with Gasteiger partial charge in [-0.15, -0.1) is 0 Å². The van der Waals surface area contributed by atoms with Crippen LogP contribution in [0.1, 0.15) is 69.6 Å². The monoisotopic (exact) mass is 497 g/mol. The molecule has 2 fully saturated rings. The van der Waals surface area contributed by atoms with Gasteiger partial charge >= 0.3 is 6.01 Å². The molecule has 2 atom stereocenters. The molecular formula is C27H39N5O4. The van der Waals surface area contributed by atoms with Crippen LogP contribution in [-0.4, -0.2) is 71.8 Å². The van der Waals surface area contributed by atoms with Crippen molar-refractivity contribution in [2.24, 2.45) is 5.92 Å². The number of aromatic nitrogens is 2. The van der Waals surface area contributed by atoms with Gasteiger partial charge in [-0.25, -0.2) is 0 Å². The fourth-order valence-electron chi connectivity index (χ4n) is 4.96. The number of carbonyl (C=O) groups excluding carboxylic acids is 2. The van der Waals surface area contributed by atoms with Gasteiger partial charge in [0.15, 0.2) is 5.82 Å².